The van der Waals surface area contributed by atoms with Crippen LogP contribution in [0.1, 0.15) is 12.0 Å². The molecule has 1 aliphatic rings. The summed E-state index contributed by atoms with van der Waals surface area (Å²) in [4.78, 5) is 34.3. The Morgan fingerprint density at radius 3 is 2.43 bits per heavy atom. The molecule has 2 amide bonds. The molecular formula is C25H26N4O4S2. The second kappa shape index (κ2) is 10.8. The van der Waals surface area contributed by atoms with Crippen molar-refractivity contribution in [1.29, 1.82) is 0 Å². The van der Waals surface area contributed by atoms with Gasteiger partial charge in [-0.3, -0.25) is 9.59 Å². The minimum Gasteiger partial charge on any atom is -0.345 e. The van der Waals surface area contributed by atoms with Gasteiger partial charge in [0.2, 0.25) is 11.8 Å². The number of rotatable bonds is 8. The maximum Gasteiger partial charge on any atom is 0.257 e. The summed E-state index contributed by atoms with van der Waals surface area (Å²) >= 11 is 1.60. The third-order valence-electron chi connectivity index (χ3n) is 5.64. The topological polar surface area (TPSA) is 99.7 Å². The van der Waals surface area contributed by atoms with Crippen molar-refractivity contribution >= 4 is 54.6 Å². The minimum atomic E-state index is -4.06. The fourth-order valence-corrected chi connectivity index (χ4v) is 5.64. The van der Waals surface area contributed by atoms with E-state index in [2.05, 4.69) is 16.5 Å². The Morgan fingerprint density at radius 2 is 1.74 bits per heavy atom. The maximum absolute atomic E-state index is 13.2. The molecule has 1 aliphatic heterocycles. The van der Waals surface area contributed by atoms with Crippen molar-refractivity contribution < 1.29 is 18.0 Å². The Morgan fingerprint density at radius 1 is 1.06 bits per heavy atom. The van der Waals surface area contributed by atoms with Crippen molar-refractivity contribution in [3.05, 3.63) is 78.2 Å². The van der Waals surface area contributed by atoms with Crippen LogP contribution in [0, 0.1) is 5.92 Å². The fourth-order valence-electron chi connectivity index (χ4n) is 3.80. The number of anilines is 1. The molecule has 0 spiro atoms. The van der Waals surface area contributed by atoms with Gasteiger partial charge < -0.3 is 9.80 Å². The molecule has 10 heteroatoms. The number of benzene rings is 2. The Hall–Kier alpha value is -3.50. The summed E-state index contributed by atoms with van der Waals surface area (Å²) in [5.41, 5.74) is 1.62. The Kier molecular flexibility index (Phi) is 7.62. The summed E-state index contributed by atoms with van der Waals surface area (Å²) in [6, 6.07) is 16.8. The summed E-state index contributed by atoms with van der Waals surface area (Å²) in [6.07, 6.45) is 2.88. The molecule has 3 aromatic rings. The highest BCUT2D eigenvalue weighted by molar-refractivity contribution is 7.93. The van der Waals surface area contributed by atoms with Crippen LogP contribution in [0.3, 0.4) is 0 Å². The van der Waals surface area contributed by atoms with Crippen LogP contribution >= 0.6 is 11.3 Å². The summed E-state index contributed by atoms with van der Waals surface area (Å²) in [5.74, 6) is -2.43. The molecule has 1 aromatic heterocycles. The van der Waals surface area contributed by atoms with E-state index in [4.69, 9.17) is 0 Å². The number of amides is 2. The lowest BCUT2D eigenvalue weighted by atomic mass is 10.0. The molecule has 0 saturated carbocycles. The molecule has 8 nitrogen and oxygen atoms in total. The van der Waals surface area contributed by atoms with Gasteiger partial charge in [0.1, 0.15) is 5.92 Å². The van der Waals surface area contributed by atoms with Gasteiger partial charge >= 0.3 is 0 Å². The molecule has 1 saturated heterocycles. The fraction of sp³-hybridized carbons (Fsp3) is 0.240. The third-order valence-corrected chi connectivity index (χ3v) is 7.72. The lowest BCUT2D eigenvalue weighted by Gasteiger charge is -2.36. The second-order valence-electron chi connectivity index (χ2n) is 8.08. The van der Waals surface area contributed by atoms with Crippen LogP contribution in [0.2, 0.25) is 0 Å². The molecule has 1 atom stereocenters. The molecule has 0 bridgehead atoms. The van der Waals surface area contributed by atoms with Gasteiger partial charge in [-0.05, 0) is 30.2 Å². The summed E-state index contributed by atoms with van der Waals surface area (Å²) in [7, 11) is -4.06. The lowest BCUT2D eigenvalue weighted by molar-refractivity contribution is -0.141. The van der Waals surface area contributed by atoms with Gasteiger partial charge in [-0.15, -0.1) is 6.58 Å². The molecule has 1 N–H and O–H groups in total. The highest BCUT2D eigenvalue weighted by Crippen LogP contribution is 2.29. The molecule has 0 radical (unpaired) electrons. The van der Waals surface area contributed by atoms with E-state index in [1.807, 2.05) is 35.1 Å². The van der Waals surface area contributed by atoms with Crippen molar-refractivity contribution in [2.45, 2.75) is 6.42 Å². The number of para-hydroxylation sites is 1. The number of hydrogen-bond donors (Lipinski definition) is 1. The molecule has 2 heterocycles. The number of fused-ring (bicyclic) bond motifs is 1. The zero-order chi connectivity index (χ0) is 24.8. The van der Waals surface area contributed by atoms with Gasteiger partial charge in [0.25, 0.3) is 10.0 Å². The Bertz CT molecular complexity index is 1310. The molecule has 2 aromatic carbocycles. The summed E-state index contributed by atoms with van der Waals surface area (Å²) in [6.45, 7) is 5.60. The molecule has 182 valence electrons. The number of carbonyl (C=O) groups is 2. The first-order chi connectivity index (χ1) is 16.9. The van der Waals surface area contributed by atoms with E-state index in [0.717, 1.165) is 20.8 Å². The maximum atomic E-state index is 13.2. The van der Waals surface area contributed by atoms with Crippen molar-refractivity contribution in [2.75, 3.05) is 31.1 Å². The van der Waals surface area contributed by atoms with Gasteiger partial charge in [-0.1, -0.05) is 59.9 Å². The van der Waals surface area contributed by atoms with E-state index in [9.17, 15) is 18.0 Å². The predicted octanol–water partition coefficient (Wildman–Crippen LogP) is 3.25. The number of carbonyl (C=O) groups excluding carboxylic acids is 2. The highest BCUT2D eigenvalue weighted by atomic mass is 32.2. The van der Waals surface area contributed by atoms with Crippen LogP contribution in [-0.2, 0) is 19.6 Å². The Labute approximate surface area is 208 Å². The van der Waals surface area contributed by atoms with Gasteiger partial charge in [0.15, 0.2) is 5.13 Å². The normalized spacial score (nSPS) is 15.3. The van der Waals surface area contributed by atoms with Gasteiger partial charge in [-0.25, -0.2) is 18.1 Å². The van der Waals surface area contributed by atoms with Crippen molar-refractivity contribution in [3.63, 3.8) is 0 Å². The number of aromatic nitrogens is 1. The number of nitrogens with zero attached hydrogens (tertiary/aromatic N) is 3. The average Bonchev–Trinajstić information content (AvgIpc) is 3.30. The third kappa shape index (κ3) is 6.14. The SMILES string of the molecule is C=CCC(C(=O)NS(=O)(=O)/C=C/c1ccccc1)C(=O)N1CCN(c2nc3ccccc3s2)CC1. The van der Waals surface area contributed by atoms with E-state index in [1.54, 1.807) is 40.5 Å². The van der Waals surface area contributed by atoms with E-state index in [0.29, 0.717) is 31.7 Å². The first kappa shape index (κ1) is 24.6. The van der Waals surface area contributed by atoms with Crippen LogP contribution in [0.5, 0.6) is 0 Å². The molecule has 35 heavy (non-hydrogen) atoms. The summed E-state index contributed by atoms with van der Waals surface area (Å²) < 4.78 is 27.9. The number of allylic oxidation sites excluding steroid dienone is 1. The van der Waals surface area contributed by atoms with Gasteiger partial charge in [-0.2, -0.15) is 0 Å². The second-order valence-corrected chi connectivity index (χ2v) is 10.7. The van der Waals surface area contributed by atoms with Gasteiger partial charge in [0, 0.05) is 26.2 Å². The zero-order valence-electron chi connectivity index (χ0n) is 19.0. The zero-order valence-corrected chi connectivity index (χ0v) is 20.7. The lowest BCUT2D eigenvalue weighted by Crippen LogP contribution is -2.52. The number of nitrogens with one attached hydrogen (secondary N) is 1. The smallest absolute Gasteiger partial charge is 0.257 e. The monoisotopic (exact) mass is 510 g/mol. The molecule has 4 rings (SSSR count). The van der Waals surface area contributed by atoms with Crippen molar-refractivity contribution in [2.24, 2.45) is 5.92 Å². The molecule has 1 unspecified atom stereocenters. The van der Waals surface area contributed by atoms with E-state index < -0.39 is 27.8 Å². The Balaban J connectivity index is 1.38. The van der Waals surface area contributed by atoms with Crippen LogP contribution in [0.4, 0.5) is 5.13 Å². The average molecular weight is 511 g/mol. The van der Waals surface area contributed by atoms with E-state index in [-0.39, 0.29) is 6.42 Å². The number of thiazole rings is 1. The number of hydrogen-bond acceptors (Lipinski definition) is 7. The largest absolute Gasteiger partial charge is 0.345 e. The van der Waals surface area contributed by atoms with Crippen molar-refractivity contribution in [1.82, 2.24) is 14.6 Å². The van der Waals surface area contributed by atoms with E-state index >= 15 is 0 Å². The number of sulfonamides is 1. The van der Waals surface area contributed by atoms with E-state index in [1.165, 1.54) is 12.2 Å². The standard InChI is InChI=1S/C25H26N4O4S2/c1-2-8-20(23(30)27-35(32,33)18-13-19-9-4-3-5-10-19)24(31)28-14-16-29(17-15-28)25-26-21-11-6-7-12-22(21)34-25/h2-7,9-13,18,20H,1,8,14-17H2,(H,27,30)/b18-13+. The quantitative estimate of drug-likeness (QED) is 0.369. The highest BCUT2D eigenvalue weighted by Gasteiger charge is 2.33. The van der Waals surface area contributed by atoms with Crippen LogP contribution in [0.15, 0.2) is 72.7 Å². The number of piperazine rings is 1. The van der Waals surface area contributed by atoms with Crippen LogP contribution in [0.25, 0.3) is 16.3 Å². The molecular weight excluding hydrogens is 484 g/mol. The van der Waals surface area contributed by atoms with Gasteiger partial charge in [0.05, 0.1) is 15.6 Å². The van der Waals surface area contributed by atoms with Crippen LogP contribution < -0.4 is 9.62 Å². The first-order valence-corrected chi connectivity index (χ1v) is 13.5. The molecule has 0 aliphatic carbocycles. The molecule has 1 fully saturated rings. The van der Waals surface area contributed by atoms with Crippen LogP contribution in [-0.4, -0.2) is 56.3 Å². The first-order valence-electron chi connectivity index (χ1n) is 11.2. The predicted molar refractivity (Wildman–Crippen MR) is 139 cm³/mol. The minimum absolute atomic E-state index is 0.0423. The van der Waals surface area contributed by atoms with Crippen molar-refractivity contribution in [3.8, 4) is 0 Å². The summed E-state index contributed by atoms with van der Waals surface area (Å²) in [5, 5.41) is 1.82.